The highest BCUT2D eigenvalue weighted by Crippen LogP contribution is 2.44. The molecule has 2 fully saturated rings. The van der Waals surface area contributed by atoms with E-state index in [0.717, 1.165) is 0 Å². The molecule has 0 aromatic heterocycles. The maximum absolute atomic E-state index is 12.8. The lowest BCUT2D eigenvalue weighted by atomic mass is 9.77. The number of hydrogen-bond acceptors (Lipinski definition) is 9. The molecule has 1 aromatic rings. The van der Waals surface area contributed by atoms with Gasteiger partial charge in [0.15, 0.2) is 6.10 Å². The van der Waals surface area contributed by atoms with Gasteiger partial charge >= 0.3 is 11.9 Å². The molecular weight excluding hydrogens is 412 g/mol. The van der Waals surface area contributed by atoms with Gasteiger partial charge in [-0.15, -0.1) is 0 Å². The monoisotopic (exact) mass is 442 g/mol. The summed E-state index contributed by atoms with van der Waals surface area (Å²) in [6.45, 7) is 3.23. The fourth-order valence-corrected chi connectivity index (χ4v) is 3.92. The van der Waals surface area contributed by atoms with Crippen LogP contribution in [0.5, 0.6) is 5.75 Å². The molecule has 2 heterocycles. The van der Waals surface area contributed by atoms with Crippen LogP contribution >= 0.6 is 0 Å². The van der Waals surface area contributed by atoms with E-state index >= 15 is 0 Å². The van der Waals surface area contributed by atoms with E-state index in [1.165, 1.54) is 28.3 Å². The van der Waals surface area contributed by atoms with Gasteiger partial charge in [0, 0.05) is 27.1 Å². The molecule has 10 heteroatoms. The number of rotatable bonds is 6. The predicted molar refractivity (Wildman–Crippen MR) is 106 cm³/mol. The summed E-state index contributed by atoms with van der Waals surface area (Å²) in [5, 5.41) is 11.0. The molecule has 3 rings (SSSR count). The number of benzene rings is 1. The molecule has 0 spiro atoms. The zero-order valence-corrected chi connectivity index (χ0v) is 18.2. The zero-order valence-electron chi connectivity index (χ0n) is 18.2. The third kappa shape index (κ3) is 4.39. The number of aliphatic hydroxyl groups excluding tert-OH is 1. The smallest absolute Gasteiger partial charge is 0.338 e. The summed E-state index contributed by atoms with van der Waals surface area (Å²) >= 11 is 0. The van der Waals surface area contributed by atoms with E-state index < -0.39 is 47.6 Å². The summed E-state index contributed by atoms with van der Waals surface area (Å²) in [7, 11) is 4.32. The average molecular weight is 442 g/mol. The van der Waals surface area contributed by atoms with Crippen LogP contribution in [0, 0.1) is 11.8 Å². The Balaban J connectivity index is 0.00000341. The first-order valence-corrected chi connectivity index (χ1v) is 9.69. The average Bonchev–Trinajstić information content (AvgIpc) is 2.75. The van der Waals surface area contributed by atoms with Gasteiger partial charge in [-0.25, -0.2) is 4.79 Å². The molecule has 6 atom stereocenters. The molecule has 174 valence electrons. The number of carbonyl (C=O) groups is 2. The molecule has 10 nitrogen and oxygen atoms in total. The van der Waals surface area contributed by atoms with E-state index in [1.54, 1.807) is 31.2 Å². The minimum atomic E-state index is -1.48. The molecule has 2 aliphatic heterocycles. The molecule has 0 radical (unpaired) electrons. The van der Waals surface area contributed by atoms with Crippen molar-refractivity contribution in [3.8, 4) is 5.75 Å². The molecule has 1 aromatic carbocycles. The second kappa shape index (κ2) is 9.49. The summed E-state index contributed by atoms with van der Waals surface area (Å²) in [5.74, 6) is -5.30. The Hall–Kier alpha value is -2.24. The van der Waals surface area contributed by atoms with Gasteiger partial charge in [0.1, 0.15) is 5.75 Å². The van der Waals surface area contributed by atoms with E-state index in [2.05, 4.69) is 0 Å². The number of cyclic esters (lactones) is 2. The van der Waals surface area contributed by atoms with Crippen LogP contribution in [0.3, 0.4) is 0 Å². The van der Waals surface area contributed by atoms with Crippen LogP contribution < -0.4 is 4.74 Å². The Labute approximate surface area is 180 Å². The van der Waals surface area contributed by atoms with Crippen molar-refractivity contribution in [1.29, 1.82) is 0 Å². The fourth-order valence-electron chi connectivity index (χ4n) is 3.92. The maximum atomic E-state index is 12.8. The standard InChI is InChI=1S/C21H28O9.H2O/c1-20(26-4)21(2,27-5)30-19(24)17(29-20)14-10-11-28-18(23)15(14)16(22)12-6-8-13(25-3)9-7-12;/h6-9,14-17,22H,10-11H2,1-5H3;1H2/t14-,15-,16-,17+,20-,21-;/m0./s1. The second-order valence-corrected chi connectivity index (χ2v) is 7.62. The largest absolute Gasteiger partial charge is 0.497 e. The topological polar surface area (TPSA) is 141 Å². The van der Waals surface area contributed by atoms with Crippen molar-refractivity contribution in [1.82, 2.24) is 0 Å². The first-order chi connectivity index (χ1) is 14.2. The summed E-state index contributed by atoms with van der Waals surface area (Å²) in [6.07, 6.45) is -2.05. The van der Waals surface area contributed by atoms with Crippen LogP contribution in [0.1, 0.15) is 31.9 Å². The molecule has 0 saturated carbocycles. The first kappa shape index (κ1) is 25.0. The van der Waals surface area contributed by atoms with Gasteiger partial charge in [-0.05, 0) is 31.0 Å². The quantitative estimate of drug-likeness (QED) is 0.632. The number of hydrogen-bond donors (Lipinski definition) is 1. The molecule has 3 N–H and O–H groups in total. The van der Waals surface area contributed by atoms with E-state index in [1.807, 2.05) is 0 Å². The molecule has 0 unspecified atom stereocenters. The summed E-state index contributed by atoms with van der Waals surface area (Å²) in [6, 6.07) is 6.67. The van der Waals surface area contributed by atoms with Crippen molar-refractivity contribution < 1.29 is 48.6 Å². The van der Waals surface area contributed by atoms with Gasteiger partial charge in [-0.3, -0.25) is 4.79 Å². The van der Waals surface area contributed by atoms with Crippen molar-refractivity contribution >= 4 is 11.9 Å². The molecule has 31 heavy (non-hydrogen) atoms. The van der Waals surface area contributed by atoms with Crippen LogP contribution in [-0.2, 0) is 33.3 Å². The minimum Gasteiger partial charge on any atom is -0.497 e. The van der Waals surface area contributed by atoms with Crippen molar-refractivity contribution in [3.63, 3.8) is 0 Å². The van der Waals surface area contributed by atoms with E-state index in [0.29, 0.717) is 17.7 Å². The molecule has 0 bridgehead atoms. The normalized spacial score (nSPS) is 34.2. The second-order valence-electron chi connectivity index (χ2n) is 7.62. The lowest BCUT2D eigenvalue weighted by molar-refractivity contribution is -0.410. The number of aliphatic hydroxyl groups is 1. The zero-order chi connectivity index (χ0) is 22.1. The minimum absolute atomic E-state index is 0. The van der Waals surface area contributed by atoms with Gasteiger partial charge in [-0.1, -0.05) is 12.1 Å². The van der Waals surface area contributed by atoms with Gasteiger partial charge < -0.3 is 39.0 Å². The Kier molecular flexibility index (Phi) is 7.66. The molecular formula is C21H30O10. The van der Waals surface area contributed by atoms with Crippen molar-refractivity contribution in [3.05, 3.63) is 29.8 Å². The van der Waals surface area contributed by atoms with Crippen molar-refractivity contribution in [2.45, 2.75) is 44.1 Å². The lowest BCUT2D eigenvalue weighted by Gasteiger charge is -2.50. The highest BCUT2D eigenvalue weighted by atomic mass is 16.8. The Morgan fingerprint density at radius 2 is 1.65 bits per heavy atom. The van der Waals surface area contributed by atoms with Crippen molar-refractivity contribution in [2.75, 3.05) is 27.9 Å². The third-order valence-corrected chi connectivity index (χ3v) is 6.10. The first-order valence-electron chi connectivity index (χ1n) is 9.69. The molecule has 0 aliphatic carbocycles. The van der Waals surface area contributed by atoms with E-state index in [-0.39, 0.29) is 12.1 Å². The third-order valence-electron chi connectivity index (χ3n) is 6.10. The predicted octanol–water partition coefficient (Wildman–Crippen LogP) is 0.750. The number of esters is 2. The highest BCUT2D eigenvalue weighted by molar-refractivity contribution is 5.80. The number of carbonyl (C=O) groups excluding carboxylic acids is 2. The Morgan fingerprint density at radius 1 is 1.03 bits per heavy atom. The number of ether oxygens (including phenoxy) is 6. The van der Waals surface area contributed by atoms with Crippen LogP contribution in [-0.4, -0.2) is 68.1 Å². The van der Waals surface area contributed by atoms with Gasteiger partial charge in [0.05, 0.1) is 25.7 Å². The maximum Gasteiger partial charge on any atom is 0.338 e. The van der Waals surface area contributed by atoms with E-state index in [9.17, 15) is 14.7 Å². The van der Waals surface area contributed by atoms with Crippen LogP contribution in [0.15, 0.2) is 24.3 Å². The van der Waals surface area contributed by atoms with Crippen LogP contribution in [0.4, 0.5) is 0 Å². The van der Waals surface area contributed by atoms with Crippen molar-refractivity contribution in [2.24, 2.45) is 11.8 Å². The summed E-state index contributed by atoms with van der Waals surface area (Å²) in [4.78, 5) is 25.5. The van der Waals surface area contributed by atoms with E-state index in [4.69, 9.17) is 28.4 Å². The van der Waals surface area contributed by atoms with Crippen LogP contribution in [0.25, 0.3) is 0 Å². The molecule has 0 amide bonds. The Morgan fingerprint density at radius 3 is 2.19 bits per heavy atom. The number of methoxy groups -OCH3 is 3. The summed E-state index contributed by atoms with van der Waals surface area (Å²) < 4.78 is 32.7. The van der Waals surface area contributed by atoms with Gasteiger partial charge in [-0.2, -0.15) is 0 Å². The fraction of sp³-hybridized carbons (Fsp3) is 0.619. The molecule has 2 saturated heterocycles. The lowest BCUT2D eigenvalue weighted by Crippen LogP contribution is -2.66. The molecule has 2 aliphatic rings. The Bertz CT molecular complexity index is 781. The highest BCUT2D eigenvalue weighted by Gasteiger charge is 2.60. The van der Waals surface area contributed by atoms with Gasteiger partial charge in [0.25, 0.3) is 5.79 Å². The SMILES string of the molecule is COc1ccc([C@H](O)[C@H]2C(=O)OCC[C@@H]2[C@H]2O[C@](C)(OC)[C@@](C)(OC)OC2=O)cc1.O. The summed E-state index contributed by atoms with van der Waals surface area (Å²) in [5.41, 5.74) is 0.491. The van der Waals surface area contributed by atoms with Gasteiger partial charge in [0.2, 0.25) is 5.79 Å². The van der Waals surface area contributed by atoms with Crippen LogP contribution in [0.2, 0.25) is 0 Å².